The van der Waals surface area contributed by atoms with Crippen molar-refractivity contribution in [3.8, 4) is 0 Å². The summed E-state index contributed by atoms with van der Waals surface area (Å²) in [6.07, 6.45) is 1.94. The quantitative estimate of drug-likeness (QED) is 0.869. The molecule has 0 aromatic carbocycles. The molecule has 0 unspecified atom stereocenters. The van der Waals surface area contributed by atoms with Gasteiger partial charge in [-0.25, -0.2) is 4.79 Å². The lowest BCUT2D eigenvalue weighted by atomic mass is 9.96. The Labute approximate surface area is 153 Å². The molecule has 0 bridgehead atoms. The van der Waals surface area contributed by atoms with Crippen molar-refractivity contribution in [3.05, 3.63) is 33.5 Å². The molecular weight excluding hydrogens is 369 g/mol. The SMILES string of the molecule is CN(Cc1csc2c1CCCC2)Cc1nncn1C.O=C(O)C(F)(F)F. The van der Waals surface area contributed by atoms with Gasteiger partial charge in [0, 0.05) is 18.5 Å². The van der Waals surface area contributed by atoms with Gasteiger partial charge in [-0.1, -0.05) is 0 Å². The van der Waals surface area contributed by atoms with Crippen LogP contribution in [0.4, 0.5) is 13.2 Å². The first kappa shape index (κ1) is 20.4. The predicted octanol–water partition coefficient (Wildman–Crippen LogP) is 3.02. The normalized spacial score (nSPS) is 13.9. The minimum Gasteiger partial charge on any atom is -0.475 e. The molecule has 2 aromatic rings. The third kappa shape index (κ3) is 5.53. The summed E-state index contributed by atoms with van der Waals surface area (Å²) in [7, 11) is 4.15. The number of halogens is 3. The highest BCUT2D eigenvalue weighted by molar-refractivity contribution is 7.10. The topological polar surface area (TPSA) is 71.2 Å². The third-order valence-corrected chi connectivity index (χ3v) is 5.18. The molecule has 2 aromatic heterocycles. The van der Waals surface area contributed by atoms with Gasteiger partial charge in [0.15, 0.2) is 0 Å². The van der Waals surface area contributed by atoms with Gasteiger partial charge in [-0.2, -0.15) is 13.2 Å². The van der Waals surface area contributed by atoms with E-state index in [1.165, 1.54) is 31.2 Å². The van der Waals surface area contributed by atoms with E-state index in [-0.39, 0.29) is 0 Å². The maximum Gasteiger partial charge on any atom is 0.490 e. The predicted molar refractivity (Wildman–Crippen MR) is 90.8 cm³/mol. The van der Waals surface area contributed by atoms with E-state index in [4.69, 9.17) is 9.90 Å². The summed E-state index contributed by atoms with van der Waals surface area (Å²) in [6, 6.07) is 0. The Kier molecular flexibility index (Phi) is 6.76. The minimum atomic E-state index is -5.08. The van der Waals surface area contributed by atoms with Crippen molar-refractivity contribution < 1.29 is 23.1 Å². The van der Waals surface area contributed by atoms with Gasteiger partial charge in [-0.3, -0.25) is 4.90 Å². The van der Waals surface area contributed by atoms with E-state index in [0.29, 0.717) is 0 Å². The van der Waals surface area contributed by atoms with Gasteiger partial charge in [0.1, 0.15) is 12.2 Å². The fourth-order valence-corrected chi connectivity index (χ4v) is 3.87. The summed E-state index contributed by atoms with van der Waals surface area (Å²) in [5.74, 6) is -1.74. The van der Waals surface area contributed by atoms with Gasteiger partial charge in [-0.05, 0) is 49.2 Å². The first-order valence-electron chi connectivity index (χ1n) is 8.08. The third-order valence-electron chi connectivity index (χ3n) is 4.05. The van der Waals surface area contributed by atoms with Crippen LogP contribution in [0.15, 0.2) is 11.7 Å². The van der Waals surface area contributed by atoms with Gasteiger partial charge in [0.25, 0.3) is 0 Å². The van der Waals surface area contributed by atoms with Crippen LogP contribution in [0.2, 0.25) is 0 Å². The Hall–Kier alpha value is -1.94. The van der Waals surface area contributed by atoms with Crippen molar-refractivity contribution in [2.75, 3.05) is 7.05 Å². The number of nitrogens with zero attached hydrogens (tertiary/aromatic N) is 4. The highest BCUT2D eigenvalue weighted by Gasteiger charge is 2.38. The number of rotatable bonds is 4. The average molecular weight is 390 g/mol. The number of aryl methyl sites for hydroxylation is 2. The zero-order valence-electron chi connectivity index (χ0n) is 14.6. The van der Waals surface area contributed by atoms with Crippen LogP contribution in [-0.4, -0.2) is 44.0 Å². The van der Waals surface area contributed by atoms with Gasteiger partial charge < -0.3 is 9.67 Å². The molecule has 0 amide bonds. The lowest BCUT2D eigenvalue weighted by molar-refractivity contribution is -0.192. The maximum absolute atomic E-state index is 10.6. The standard InChI is InChI=1S/C14H20N4S.C2HF3O2/c1-17(8-14-16-15-10-18(14)2)7-11-9-19-13-6-4-3-5-12(11)13;3-2(4,5)1(6)7/h9-10H,3-8H2,1-2H3;(H,6,7). The minimum absolute atomic E-state index is 0.848. The first-order chi connectivity index (χ1) is 12.2. The van der Waals surface area contributed by atoms with Crippen molar-refractivity contribution in [2.45, 2.75) is 44.9 Å². The maximum atomic E-state index is 10.6. The molecule has 10 heteroatoms. The number of hydrogen-bond donors (Lipinski definition) is 1. The molecule has 6 nitrogen and oxygen atoms in total. The van der Waals surface area contributed by atoms with Crippen molar-refractivity contribution in [3.63, 3.8) is 0 Å². The molecule has 0 fully saturated rings. The second-order valence-electron chi connectivity index (χ2n) is 6.20. The molecule has 0 aliphatic heterocycles. The summed E-state index contributed by atoms with van der Waals surface area (Å²) in [4.78, 5) is 12.8. The number of fused-ring (bicyclic) bond motifs is 1. The van der Waals surface area contributed by atoms with Gasteiger partial charge >= 0.3 is 12.1 Å². The van der Waals surface area contributed by atoms with Crippen molar-refractivity contribution in [1.29, 1.82) is 0 Å². The number of hydrogen-bond acceptors (Lipinski definition) is 5. The monoisotopic (exact) mass is 390 g/mol. The lowest BCUT2D eigenvalue weighted by Crippen LogP contribution is -2.21. The second kappa shape index (κ2) is 8.63. The molecule has 0 atom stereocenters. The largest absolute Gasteiger partial charge is 0.490 e. The number of carboxylic acid groups (broad SMARTS) is 1. The molecule has 1 aliphatic rings. The fraction of sp³-hybridized carbons (Fsp3) is 0.562. The summed E-state index contributed by atoms with van der Waals surface area (Å²) in [5.41, 5.74) is 3.14. The Bertz CT molecular complexity index is 742. The summed E-state index contributed by atoms with van der Waals surface area (Å²) >= 11 is 1.95. The summed E-state index contributed by atoms with van der Waals surface area (Å²) in [5, 5.41) is 17.6. The van der Waals surface area contributed by atoms with E-state index in [9.17, 15) is 13.2 Å². The van der Waals surface area contributed by atoms with E-state index >= 15 is 0 Å². The number of alkyl halides is 3. The van der Waals surface area contributed by atoms with Gasteiger partial charge in [0.2, 0.25) is 0 Å². The van der Waals surface area contributed by atoms with Crippen LogP contribution >= 0.6 is 11.3 Å². The number of thiophene rings is 1. The first-order valence-corrected chi connectivity index (χ1v) is 8.96. The van der Waals surface area contributed by atoms with E-state index in [1.54, 1.807) is 16.8 Å². The number of aromatic nitrogens is 3. The molecule has 3 rings (SSSR count). The molecule has 0 saturated carbocycles. The molecule has 1 N–H and O–H groups in total. The van der Waals surface area contributed by atoms with Crippen molar-refractivity contribution in [2.24, 2.45) is 7.05 Å². The zero-order valence-corrected chi connectivity index (χ0v) is 15.4. The number of aliphatic carboxylic acids is 1. The van der Waals surface area contributed by atoms with E-state index < -0.39 is 12.1 Å². The molecular formula is C16H21F3N4O2S. The highest BCUT2D eigenvalue weighted by Crippen LogP contribution is 2.30. The number of carbonyl (C=O) groups is 1. The molecule has 1 aliphatic carbocycles. The number of carboxylic acids is 1. The second-order valence-corrected chi connectivity index (χ2v) is 7.17. The van der Waals surface area contributed by atoms with Crippen LogP contribution in [0.1, 0.15) is 34.7 Å². The Morgan fingerprint density at radius 1 is 1.35 bits per heavy atom. The molecule has 144 valence electrons. The van der Waals surface area contributed by atoms with Crippen LogP contribution in [0, 0.1) is 0 Å². The lowest BCUT2D eigenvalue weighted by Gasteiger charge is -2.18. The molecule has 0 radical (unpaired) electrons. The van der Waals surface area contributed by atoms with Crippen LogP contribution < -0.4 is 0 Å². The van der Waals surface area contributed by atoms with Crippen LogP contribution in [0.5, 0.6) is 0 Å². The zero-order chi connectivity index (χ0) is 19.3. The molecule has 0 saturated heterocycles. The molecule has 2 heterocycles. The van der Waals surface area contributed by atoms with Crippen LogP contribution in [0.25, 0.3) is 0 Å². The highest BCUT2D eigenvalue weighted by atomic mass is 32.1. The van der Waals surface area contributed by atoms with Gasteiger partial charge in [-0.15, -0.1) is 21.5 Å². The van der Waals surface area contributed by atoms with Crippen LogP contribution in [0.3, 0.4) is 0 Å². The Balaban J connectivity index is 0.000000298. The Morgan fingerprint density at radius 3 is 2.58 bits per heavy atom. The van der Waals surface area contributed by atoms with Crippen molar-refractivity contribution in [1.82, 2.24) is 19.7 Å². The van der Waals surface area contributed by atoms with Crippen molar-refractivity contribution >= 4 is 17.3 Å². The average Bonchev–Trinajstić information content (AvgIpc) is 3.14. The Morgan fingerprint density at radius 2 is 2.00 bits per heavy atom. The summed E-state index contributed by atoms with van der Waals surface area (Å²) < 4.78 is 33.7. The van der Waals surface area contributed by atoms with E-state index in [0.717, 1.165) is 18.9 Å². The van der Waals surface area contributed by atoms with Crippen LogP contribution in [-0.2, 0) is 37.8 Å². The fourth-order valence-electron chi connectivity index (χ4n) is 2.73. The van der Waals surface area contributed by atoms with E-state index in [2.05, 4.69) is 27.5 Å². The van der Waals surface area contributed by atoms with Gasteiger partial charge in [0.05, 0.1) is 6.54 Å². The summed E-state index contributed by atoms with van der Waals surface area (Å²) in [6.45, 7) is 1.86. The molecule has 0 spiro atoms. The van der Waals surface area contributed by atoms with E-state index in [1.807, 2.05) is 23.0 Å². The smallest absolute Gasteiger partial charge is 0.475 e. The molecule has 26 heavy (non-hydrogen) atoms.